The SMILES string of the molecule is C[C@@H]1CC(=O)N(CCOc2cccc3ccccc23)c2ccccc2N1. The van der Waals surface area contributed by atoms with Gasteiger partial charge in [-0.15, -0.1) is 0 Å². The first-order valence-electron chi connectivity index (χ1n) is 8.99. The molecule has 0 aliphatic carbocycles. The van der Waals surface area contributed by atoms with Gasteiger partial charge in [0.2, 0.25) is 5.91 Å². The molecule has 1 heterocycles. The fraction of sp³-hybridized carbons (Fsp3) is 0.227. The van der Waals surface area contributed by atoms with Crippen molar-refractivity contribution < 1.29 is 9.53 Å². The molecule has 0 saturated carbocycles. The monoisotopic (exact) mass is 346 g/mol. The van der Waals surface area contributed by atoms with E-state index in [9.17, 15) is 4.79 Å². The lowest BCUT2D eigenvalue weighted by Crippen LogP contribution is -2.35. The molecule has 1 aliphatic rings. The second-order valence-electron chi connectivity index (χ2n) is 6.64. The van der Waals surface area contributed by atoms with E-state index in [0.717, 1.165) is 27.9 Å². The highest BCUT2D eigenvalue weighted by molar-refractivity contribution is 5.98. The first-order valence-corrected chi connectivity index (χ1v) is 8.99. The average Bonchev–Trinajstić information content (AvgIpc) is 2.77. The summed E-state index contributed by atoms with van der Waals surface area (Å²) in [5.41, 5.74) is 1.92. The van der Waals surface area contributed by atoms with Gasteiger partial charge in [-0.1, -0.05) is 48.5 Å². The number of fused-ring (bicyclic) bond motifs is 2. The summed E-state index contributed by atoms with van der Waals surface area (Å²) in [6.45, 7) is 3.00. The van der Waals surface area contributed by atoms with Gasteiger partial charge in [-0.05, 0) is 30.5 Å². The maximum absolute atomic E-state index is 12.7. The van der Waals surface area contributed by atoms with Crippen molar-refractivity contribution in [3.8, 4) is 5.75 Å². The molecule has 4 nitrogen and oxygen atoms in total. The molecule has 1 amide bonds. The Morgan fingerprint density at radius 1 is 1.04 bits per heavy atom. The highest BCUT2D eigenvalue weighted by Crippen LogP contribution is 2.30. The summed E-state index contributed by atoms with van der Waals surface area (Å²) < 4.78 is 6.04. The quantitative estimate of drug-likeness (QED) is 0.758. The lowest BCUT2D eigenvalue weighted by Gasteiger charge is -2.22. The van der Waals surface area contributed by atoms with E-state index < -0.39 is 0 Å². The highest BCUT2D eigenvalue weighted by atomic mass is 16.5. The number of hydrogen-bond acceptors (Lipinski definition) is 3. The molecule has 0 radical (unpaired) electrons. The number of hydrogen-bond donors (Lipinski definition) is 1. The van der Waals surface area contributed by atoms with E-state index in [-0.39, 0.29) is 11.9 Å². The second kappa shape index (κ2) is 7.08. The lowest BCUT2D eigenvalue weighted by molar-refractivity contribution is -0.118. The molecule has 0 fully saturated rings. The van der Waals surface area contributed by atoms with Gasteiger partial charge in [-0.25, -0.2) is 0 Å². The van der Waals surface area contributed by atoms with Crippen LogP contribution in [0.5, 0.6) is 5.75 Å². The van der Waals surface area contributed by atoms with Gasteiger partial charge >= 0.3 is 0 Å². The van der Waals surface area contributed by atoms with Gasteiger partial charge in [-0.3, -0.25) is 4.79 Å². The molecule has 0 spiro atoms. The maximum atomic E-state index is 12.7. The first-order chi connectivity index (χ1) is 12.7. The fourth-order valence-electron chi connectivity index (χ4n) is 3.47. The van der Waals surface area contributed by atoms with Crippen molar-refractivity contribution in [1.29, 1.82) is 0 Å². The van der Waals surface area contributed by atoms with Crippen LogP contribution in [0.4, 0.5) is 11.4 Å². The van der Waals surface area contributed by atoms with Crippen molar-refractivity contribution in [3.63, 3.8) is 0 Å². The number of para-hydroxylation sites is 2. The summed E-state index contributed by atoms with van der Waals surface area (Å²) in [6.07, 6.45) is 0.475. The van der Waals surface area contributed by atoms with Crippen molar-refractivity contribution >= 4 is 28.1 Å². The molecule has 26 heavy (non-hydrogen) atoms. The lowest BCUT2D eigenvalue weighted by atomic mass is 10.1. The van der Waals surface area contributed by atoms with Crippen molar-refractivity contribution in [1.82, 2.24) is 0 Å². The van der Waals surface area contributed by atoms with Gasteiger partial charge in [-0.2, -0.15) is 0 Å². The summed E-state index contributed by atoms with van der Waals surface area (Å²) in [7, 11) is 0. The topological polar surface area (TPSA) is 41.6 Å². The zero-order valence-corrected chi connectivity index (χ0v) is 14.8. The van der Waals surface area contributed by atoms with Crippen LogP contribution in [0.1, 0.15) is 13.3 Å². The molecular weight excluding hydrogens is 324 g/mol. The number of ether oxygens (including phenoxy) is 1. The molecule has 3 aromatic carbocycles. The number of carbonyl (C=O) groups is 1. The van der Waals surface area contributed by atoms with Crippen molar-refractivity contribution in [2.45, 2.75) is 19.4 Å². The first kappa shape index (κ1) is 16.5. The molecule has 3 aromatic rings. The standard InChI is InChI=1S/C22H22N2O2/c1-16-15-22(25)24(20-11-5-4-10-19(20)23-16)13-14-26-21-12-6-8-17-7-2-3-9-18(17)21/h2-12,16,23H,13-15H2,1H3/t16-/m1/s1. The Labute approximate surface area is 153 Å². The van der Waals surface area contributed by atoms with Crippen LogP contribution in [0.3, 0.4) is 0 Å². The third kappa shape index (κ3) is 3.23. The Kier molecular flexibility index (Phi) is 4.48. The Bertz CT molecular complexity index is 933. The molecule has 4 heteroatoms. The third-order valence-electron chi connectivity index (χ3n) is 4.70. The van der Waals surface area contributed by atoms with Crippen molar-refractivity contribution in [2.24, 2.45) is 0 Å². The van der Waals surface area contributed by atoms with Crippen molar-refractivity contribution in [2.75, 3.05) is 23.4 Å². The van der Waals surface area contributed by atoms with Gasteiger partial charge in [0.15, 0.2) is 0 Å². The largest absolute Gasteiger partial charge is 0.491 e. The number of carbonyl (C=O) groups excluding carboxylic acids is 1. The number of nitrogens with zero attached hydrogens (tertiary/aromatic N) is 1. The number of benzene rings is 3. The minimum absolute atomic E-state index is 0.118. The van der Waals surface area contributed by atoms with Gasteiger partial charge in [0.1, 0.15) is 12.4 Å². The van der Waals surface area contributed by atoms with E-state index in [4.69, 9.17) is 4.74 Å². The van der Waals surface area contributed by atoms with E-state index in [1.165, 1.54) is 0 Å². The second-order valence-corrected chi connectivity index (χ2v) is 6.64. The van der Waals surface area contributed by atoms with E-state index in [1.807, 2.05) is 60.4 Å². The van der Waals surface area contributed by atoms with Crippen LogP contribution in [0.25, 0.3) is 10.8 Å². The molecule has 0 bridgehead atoms. The Balaban J connectivity index is 1.53. The predicted molar refractivity (Wildman–Crippen MR) is 106 cm³/mol. The van der Waals surface area contributed by atoms with Crippen LogP contribution in [-0.2, 0) is 4.79 Å². The smallest absolute Gasteiger partial charge is 0.229 e. The third-order valence-corrected chi connectivity index (χ3v) is 4.70. The molecule has 0 saturated heterocycles. The van der Waals surface area contributed by atoms with Crippen LogP contribution < -0.4 is 15.0 Å². The van der Waals surface area contributed by atoms with Gasteiger partial charge in [0.25, 0.3) is 0 Å². The van der Waals surface area contributed by atoms with Crippen LogP contribution in [0, 0.1) is 0 Å². The molecule has 1 atom stereocenters. The van der Waals surface area contributed by atoms with Crippen LogP contribution in [0.15, 0.2) is 66.7 Å². The molecular formula is C22H22N2O2. The summed E-state index contributed by atoms with van der Waals surface area (Å²) in [5.74, 6) is 0.974. The van der Waals surface area contributed by atoms with Gasteiger partial charge < -0.3 is 15.0 Å². The Morgan fingerprint density at radius 3 is 2.73 bits per heavy atom. The summed E-state index contributed by atoms with van der Waals surface area (Å²) in [5, 5.41) is 5.65. The van der Waals surface area contributed by atoms with E-state index in [0.29, 0.717) is 19.6 Å². The van der Waals surface area contributed by atoms with Crippen LogP contribution >= 0.6 is 0 Å². The summed E-state index contributed by atoms with van der Waals surface area (Å²) in [4.78, 5) is 14.5. The van der Waals surface area contributed by atoms with E-state index >= 15 is 0 Å². The minimum Gasteiger partial charge on any atom is -0.491 e. The zero-order chi connectivity index (χ0) is 17.9. The summed E-state index contributed by atoms with van der Waals surface area (Å²) >= 11 is 0. The molecule has 1 N–H and O–H groups in total. The predicted octanol–water partition coefficient (Wildman–Crippen LogP) is 4.46. The number of amides is 1. The van der Waals surface area contributed by atoms with Crippen LogP contribution in [0.2, 0.25) is 0 Å². The van der Waals surface area contributed by atoms with Crippen molar-refractivity contribution in [3.05, 3.63) is 66.7 Å². The normalized spacial score (nSPS) is 16.7. The summed E-state index contributed by atoms with van der Waals surface area (Å²) in [6, 6.07) is 22.3. The Morgan fingerprint density at radius 2 is 1.81 bits per heavy atom. The fourth-order valence-corrected chi connectivity index (χ4v) is 3.47. The average molecular weight is 346 g/mol. The highest BCUT2D eigenvalue weighted by Gasteiger charge is 2.24. The zero-order valence-electron chi connectivity index (χ0n) is 14.8. The van der Waals surface area contributed by atoms with Crippen LogP contribution in [-0.4, -0.2) is 25.1 Å². The Hall–Kier alpha value is -3.01. The van der Waals surface area contributed by atoms with Gasteiger partial charge in [0.05, 0.1) is 17.9 Å². The van der Waals surface area contributed by atoms with Gasteiger partial charge in [0, 0.05) is 17.8 Å². The van der Waals surface area contributed by atoms with E-state index in [1.54, 1.807) is 0 Å². The molecule has 132 valence electrons. The molecule has 0 unspecified atom stereocenters. The van der Waals surface area contributed by atoms with E-state index in [2.05, 4.69) is 23.5 Å². The number of nitrogens with one attached hydrogen (secondary N) is 1. The number of rotatable bonds is 4. The number of anilines is 2. The molecule has 4 rings (SSSR count). The molecule has 0 aromatic heterocycles. The minimum atomic E-state index is 0.118. The maximum Gasteiger partial charge on any atom is 0.229 e. The molecule has 1 aliphatic heterocycles.